The van der Waals surface area contributed by atoms with Crippen LogP contribution in [0.25, 0.3) is 0 Å². The number of nitrogens with one attached hydrogen (secondary N) is 2. The standard InChI is InChI=1S/C12H24N6/c1-5-18(6-2)8-9(3)14-11-7-12(17-13)16-10(4)15-11/h7,9H,5-6,8,13H2,1-4H3,(H2,14,15,16,17). The van der Waals surface area contributed by atoms with E-state index in [-0.39, 0.29) is 0 Å². The molecule has 0 aliphatic carbocycles. The third-order valence-electron chi connectivity index (χ3n) is 2.81. The van der Waals surface area contributed by atoms with Crippen LogP contribution in [0, 0.1) is 6.92 Å². The third kappa shape index (κ3) is 4.46. The molecule has 18 heavy (non-hydrogen) atoms. The van der Waals surface area contributed by atoms with Crippen LogP contribution in [-0.2, 0) is 0 Å². The molecule has 0 bridgehead atoms. The van der Waals surface area contributed by atoms with Gasteiger partial charge in [-0.05, 0) is 26.9 Å². The largest absolute Gasteiger partial charge is 0.366 e. The Morgan fingerprint density at radius 2 is 1.89 bits per heavy atom. The molecule has 0 aliphatic rings. The fourth-order valence-corrected chi connectivity index (χ4v) is 1.88. The van der Waals surface area contributed by atoms with Crippen LogP contribution >= 0.6 is 0 Å². The number of hydrazine groups is 1. The van der Waals surface area contributed by atoms with Crippen molar-refractivity contribution in [3.8, 4) is 0 Å². The number of hydrogen-bond donors (Lipinski definition) is 3. The molecule has 0 saturated carbocycles. The molecule has 4 N–H and O–H groups in total. The fraction of sp³-hybridized carbons (Fsp3) is 0.667. The molecule has 102 valence electrons. The molecule has 6 nitrogen and oxygen atoms in total. The molecule has 0 radical (unpaired) electrons. The summed E-state index contributed by atoms with van der Waals surface area (Å²) in [7, 11) is 0. The van der Waals surface area contributed by atoms with Gasteiger partial charge >= 0.3 is 0 Å². The second-order valence-electron chi connectivity index (χ2n) is 4.36. The Labute approximate surface area is 109 Å². The zero-order valence-electron chi connectivity index (χ0n) is 11.7. The zero-order chi connectivity index (χ0) is 13.5. The van der Waals surface area contributed by atoms with E-state index in [2.05, 4.69) is 46.4 Å². The molecule has 0 spiro atoms. The first kappa shape index (κ1) is 14.7. The van der Waals surface area contributed by atoms with Crippen molar-refractivity contribution < 1.29 is 0 Å². The van der Waals surface area contributed by atoms with Crippen LogP contribution in [0.3, 0.4) is 0 Å². The molecule has 1 unspecified atom stereocenters. The van der Waals surface area contributed by atoms with Crippen molar-refractivity contribution in [1.29, 1.82) is 0 Å². The monoisotopic (exact) mass is 252 g/mol. The van der Waals surface area contributed by atoms with Gasteiger partial charge in [-0.3, -0.25) is 0 Å². The summed E-state index contributed by atoms with van der Waals surface area (Å²) in [5.74, 6) is 7.49. The van der Waals surface area contributed by atoms with Gasteiger partial charge in [0, 0.05) is 18.7 Å². The Bertz CT molecular complexity index is 364. The van der Waals surface area contributed by atoms with Crippen molar-refractivity contribution in [1.82, 2.24) is 14.9 Å². The van der Waals surface area contributed by atoms with Gasteiger partial charge in [-0.25, -0.2) is 15.8 Å². The van der Waals surface area contributed by atoms with Crippen LogP contribution in [0.5, 0.6) is 0 Å². The highest BCUT2D eigenvalue weighted by Gasteiger charge is 2.08. The van der Waals surface area contributed by atoms with Gasteiger partial charge in [0.2, 0.25) is 0 Å². The number of anilines is 2. The molecule has 1 atom stereocenters. The maximum Gasteiger partial charge on any atom is 0.145 e. The van der Waals surface area contributed by atoms with Crippen LogP contribution in [0.2, 0.25) is 0 Å². The van der Waals surface area contributed by atoms with Gasteiger partial charge in [0.05, 0.1) is 0 Å². The molecule has 1 aromatic heterocycles. The minimum Gasteiger partial charge on any atom is -0.366 e. The van der Waals surface area contributed by atoms with E-state index in [9.17, 15) is 0 Å². The van der Waals surface area contributed by atoms with Crippen LogP contribution in [0.15, 0.2) is 6.07 Å². The molecule has 0 aliphatic heterocycles. The van der Waals surface area contributed by atoms with Crippen molar-refractivity contribution in [3.05, 3.63) is 11.9 Å². The average molecular weight is 252 g/mol. The smallest absolute Gasteiger partial charge is 0.145 e. The quantitative estimate of drug-likeness (QED) is 0.500. The molecule has 1 rings (SSSR count). The van der Waals surface area contributed by atoms with Crippen molar-refractivity contribution in [2.24, 2.45) is 5.84 Å². The normalized spacial score (nSPS) is 12.6. The number of likely N-dealkylation sites (N-methyl/N-ethyl adjacent to an activating group) is 1. The lowest BCUT2D eigenvalue weighted by Gasteiger charge is -2.23. The van der Waals surface area contributed by atoms with Gasteiger partial charge in [-0.15, -0.1) is 0 Å². The minimum absolute atomic E-state index is 0.324. The summed E-state index contributed by atoms with van der Waals surface area (Å²) in [5.41, 5.74) is 2.54. The van der Waals surface area contributed by atoms with Crippen molar-refractivity contribution >= 4 is 11.6 Å². The highest BCUT2D eigenvalue weighted by Crippen LogP contribution is 2.11. The molecular weight excluding hydrogens is 228 g/mol. The second kappa shape index (κ2) is 7.13. The Kier molecular flexibility index (Phi) is 5.80. The number of aryl methyl sites for hydroxylation is 1. The van der Waals surface area contributed by atoms with Gasteiger partial charge < -0.3 is 15.6 Å². The number of nitrogens with two attached hydrogens (primary N) is 1. The lowest BCUT2D eigenvalue weighted by molar-refractivity contribution is 0.294. The average Bonchev–Trinajstić information content (AvgIpc) is 2.35. The molecule has 1 heterocycles. The zero-order valence-corrected chi connectivity index (χ0v) is 11.7. The third-order valence-corrected chi connectivity index (χ3v) is 2.81. The summed E-state index contributed by atoms with van der Waals surface area (Å²) in [4.78, 5) is 10.9. The van der Waals surface area contributed by atoms with E-state index >= 15 is 0 Å². The number of nitrogen functional groups attached to an aromatic ring is 1. The molecule has 6 heteroatoms. The van der Waals surface area contributed by atoms with Gasteiger partial charge in [0.25, 0.3) is 0 Å². The maximum atomic E-state index is 5.37. The molecular formula is C12H24N6. The highest BCUT2D eigenvalue weighted by molar-refractivity contribution is 5.47. The molecule has 1 aromatic rings. The summed E-state index contributed by atoms with van der Waals surface area (Å²) >= 11 is 0. The van der Waals surface area contributed by atoms with Crippen molar-refractivity contribution in [3.63, 3.8) is 0 Å². The second-order valence-corrected chi connectivity index (χ2v) is 4.36. The van der Waals surface area contributed by atoms with Crippen LogP contribution in [0.1, 0.15) is 26.6 Å². The van der Waals surface area contributed by atoms with E-state index in [1.54, 1.807) is 0 Å². The summed E-state index contributed by atoms with van der Waals surface area (Å²) in [6, 6.07) is 2.14. The van der Waals surface area contributed by atoms with Gasteiger partial charge in [-0.1, -0.05) is 13.8 Å². The summed E-state index contributed by atoms with van der Waals surface area (Å²) in [6.07, 6.45) is 0. The number of hydrogen-bond acceptors (Lipinski definition) is 6. The van der Waals surface area contributed by atoms with Crippen LogP contribution in [0.4, 0.5) is 11.6 Å². The van der Waals surface area contributed by atoms with E-state index in [0.29, 0.717) is 17.7 Å². The predicted molar refractivity (Wildman–Crippen MR) is 75.5 cm³/mol. The van der Waals surface area contributed by atoms with Crippen molar-refractivity contribution in [2.45, 2.75) is 33.7 Å². The predicted octanol–water partition coefficient (Wildman–Crippen LogP) is 1.21. The number of nitrogens with zero attached hydrogens (tertiary/aromatic N) is 3. The molecule has 0 amide bonds. The fourth-order valence-electron chi connectivity index (χ4n) is 1.88. The first-order valence-electron chi connectivity index (χ1n) is 6.40. The molecule has 0 aromatic carbocycles. The Balaban J connectivity index is 2.63. The van der Waals surface area contributed by atoms with E-state index in [4.69, 9.17) is 5.84 Å². The SMILES string of the molecule is CCN(CC)CC(C)Nc1cc(NN)nc(C)n1. The highest BCUT2D eigenvalue weighted by atomic mass is 15.3. The Morgan fingerprint density at radius 3 is 2.44 bits per heavy atom. The first-order valence-corrected chi connectivity index (χ1v) is 6.40. The van der Waals surface area contributed by atoms with E-state index in [0.717, 1.165) is 25.5 Å². The van der Waals surface area contributed by atoms with E-state index in [1.807, 2.05) is 13.0 Å². The Morgan fingerprint density at radius 1 is 1.28 bits per heavy atom. The van der Waals surface area contributed by atoms with Crippen molar-refractivity contribution in [2.75, 3.05) is 30.4 Å². The van der Waals surface area contributed by atoms with Crippen LogP contribution < -0.4 is 16.6 Å². The molecule has 0 fully saturated rings. The maximum absolute atomic E-state index is 5.37. The van der Waals surface area contributed by atoms with Gasteiger partial charge in [-0.2, -0.15) is 0 Å². The first-order chi connectivity index (χ1) is 8.58. The Hall–Kier alpha value is -1.40. The number of aromatic nitrogens is 2. The van der Waals surface area contributed by atoms with Gasteiger partial charge in [0.1, 0.15) is 17.5 Å². The topological polar surface area (TPSA) is 79.1 Å². The van der Waals surface area contributed by atoms with Gasteiger partial charge in [0.15, 0.2) is 0 Å². The van der Waals surface area contributed by atoms with E-state index in [1.165, 1.54) is 0 Å². The summed E-state index contributed by atoms with van der Waals surface area (Å²) in [6.45, 7) is 11.4. The summed E-state index contributed by atoms with van der Waals surface area (Å²) < 4.78 is 0. The summed E-state index contributed by atoms with van der Waals surface area (Å²) in [5, 5.41) is 3.37. The number of rotatable bonds is 7. The minimum atomic E-state index is 0.324. The lowest BCUT2D eigenvalue weighted by atomic mass is 10.3. The van der Waals surface area contributed by atoms with E-state index < -0.39 is 0 Å². The molecule has 0 saturated heterocycles. The van der Waals surface area contributed by atoms with Crippen LogP contribution in [-0.4, -0.2) is 40.5 Å². The lowest BCUT2D eigenvalue weighted by Crippen LogP contribution is -2.35.